The van der Waals surface area contributed by atoms with Gasteiger partial charge in [0.25, 0.3) is 0 Å². The van der Waals surface area contributed by atoms with Crippen LogP contribution in [0, 0.1) is 0 Å². The third kappa shape index (κ3) is 3.63. The Morgan fingerprint density at radius 3 is 2.00 bits per heavy atom. The van der Waals surface area contributed by atoms with Gasteiger partial charge in [-0.2, -0.15) is 0 Å². The standard InChI is InChI=1S/C11H16.C2H6/c1-4-10-7-5-6-8-11(10)9(2)3;1-2/h5-9H,4H2,1-3H3;1-2H3. The molecule has 0 heterocycles. The second kappa shape index (κ2) is 6.71. The van der Waals surface area contributed by atoms with Crippen LogP contribution in [-0.2, 0) is 6.42 Å². The molecule has 0 fully saturated rings. The van der Waals surface area contributed by atoms with Crippen molar-refractivity contribution in [3.05, 3.63) is 35.4 Å². The summed E-state index contributed by atoms with van der Waals surface area (Å²) in [6.45, 7) is 10.7. The molecule has 0 bridgehead atoms. The van der Waals surface area contributed by atoms with Crippen molar-refractivity contribution in [3.63, 3.8) is 0 Å². The molecule has 0 saturated heterocycles. The lowest BCUT2D eigenvalue weighted by Gasteiger charge is -2.09. The molecule has 0 aliphatic heterocycles. The van der Waals surface area contributed by atoms with Crippen LogP contribution in [-0.4, -0.2) is 0 Å². The van der Waals surface area contributed by atoms with E-state index in [1.807, 2.05) is 13.8 Å². The maximum Gasteiger partial charge on any atom is -0.0216 e. The molecule has 0 spiro atoms. The first-order valence-electron chi connectivity index (χ1n) is 5.33. The summed E-state index contributed by atoms with van der Waals surface area (Å²) in [5, 5.41) is 0. The van der Waals surface area contributed by atoms with Crippen LogP contribution >= 0.6 is 0 Å². The number of aryl methyl sites for hydroxylation is 1. The highest BCUT2D eigenvalue weighted by Crippen LogP contribution is 2.18. The first kappa shape index (κ1) is 12.2. The Morgan fingerprint density at radius 2 is 1.62 bits per heavy atom. The third-order valence-corrected chi connectivity index (χ3v) is 2.06. The Kier molecular flexibility index (Phi) is 6.30. The molecule has 0 radical (unpaired) electrons. The Balaban J connectivity index is 0.000000671. The molecule has 0 N–H and O–H groups in total. The smallest absolute Gasteiger partial charge is 0.0216 e. The quantitative estimate of drug-likeness (QED) is 0.629. The lowest BCUT2D eigenvalue weighted by molar-refractivity contribution is 0.844. The molecular formula is C13H22. The van der Waals surface area contributed by atoms with Crippen molar-refractivity contribution in [2.75, 3.05) is 0 Å². The van der Waals surface area contributed by atoms with Gasteiger partial charge in [0, 0.05) is 0 Å². The number of benzene rings is 1. The van der Waals surface area contributed by atoms with Crippen LogP contribution in [0.4, 0.5) is 0 Å². The fourth-order valence-electron chi connectivity index (χ4n) is 1.42. The van der Waals surface area contributed by atoms with E-state index in [-0.39, 0.29) is 0 Å². The first-order valence-corrected chi connectivity index (χ1v) is 5.33. The highest BCUT2D eigenvalue weighted by Gasteiger charge is 2.02. The van der Waals surface area contributed by atoms with Crippen LogP contribution in [0.5, 0.6) is 0 Å². The largest absolute Gasteiger partial charge is 0.0683 e. The maximum atomic E-state index is 2.24. The number of hydrogen-bond donors (Lipinski definition) is 0. The maximum absolute atomic E-state index is 2.24. The zero-order valence-electron chi connectivity index (χ0n) is 9.59. The summed E-state index contributed by atoms with van der Waals surface area (Å²) in [6.07, 6.45) is 1.15. The molecule has 13 heavy (non-hydrogen) atoms. The predicted molar refractivity (Wildman–Crippen MR) is 61.3 cm³/mol. The van der Waals surface area contributed by atoms with Crippen molar-refractivity contribution in [3.8, 4) is 0 Å². The molecular weight excluding hydrogens is 156 g/mol. The molecule has 0 aromatic heterocycles. The van der Waals surface area contributed by atoms with Gasteiger partial charge in [-0.15, -0.1) is 0 Å². The molecule has 1 aromatic carbocycles. The van der Waals surface area contributed by atoms with Crippen LogP contribution in [0.1, 0.15) is 51.7 Å². The molecule has 1 aromatic rings. The lowest BCUT2D eigenvalue weighted by atomic mass is 9.96. The van der Waals surface area contributed by atoms with E-state index in [1.165, 1.54) is 11.1 Å². The Bertz CT molecular complexity index is 223. The molecule has 0 amide bonds. The van der Waals surface area contributed by atoms with Gasteiger partial charge in [-0.25, -0.2) is 0 Å². The second-order valence-corrected chi connectivity index (χ2v) is 3.21. The van der Waals surface area contributed by atoms with Gasteiger partial charge >= 0.3 is 0 Å². The van der Waals surface area contributed by atoms with E-state index in [1.54, 1.807) is 0 Å². The van der Waals surface area contributed by atoms with Gasteiger partial charge < -0.3 is 0 Å². The summed E-state index contributed by atoms with van der Waals surface area (Å²) in [4.78, 5) is 0. The van der Waals surface area contributed by atoms with Gasteiger partial charge in [-0.05, 0) is 23.5 Å². The fourth-order valence-corrected chi connectivity index (χ4v) is 1.42. The molecule has 0 heteroatoms. The molecule has 0 unspecified atom stereocenters. The molecule has 1 rings (SSSR count). The van der Waals surface area contributed by atoms with E-state index in [0.717, 1.165) is 6.42 Å². The van der Waals surface area contributed by atoms with Gasteiger partial charge in [0.2, 0.25) is 0 Å². The lowest BCUT2D eigenvalue weighted by Crippen LogP contribution is -1.93. The first-order chi connectivity index (χ1) is 6.25. The van der Waals surface area contributed by atoms with Crippen LogP contribution in [0.25, 0.3) is 0 Å². The third-order valence-electron chi connectivity index (χ3n) is 2.06. The normalized spacial score (nSPS) is 9.38. The fraction of sp³-hybridized carbons (Fsp3) is 0.538. The minimum absolute atomic E-state index is 0.658. The monoisotopic (exact) mass is 178 g/mol. The summed E-state index contributed by atoms with van der Waals surface area (Å²) in [5.41, 5.74) is 2.98. The average Bonchev–Trinajstić information content (AvgIpc) is 2.20. The van der Waals surface area contributed by atoms with Crippen molar-refractivity contribution >= 4 is 0 Å². The molecule has 0 atom stereocenters. The molecule has 0 nitrogen and oxygen atoms in total. The Labute approximate surface area is 83.0 Å². The summed E-state index contributed by atoms with van der Waals surface area (Å²) >= 11 is 0. The zero-order valence-corrected chi connectivity index (χ0v) is 9.59. The van der Waals surface area contributed by atoms with E-state index in [2.05, 4.69) is 45.0 Å². The van der Waals surface area contributed by atoms with Crippen LogP contribution < -0.4 is 0 Å². The SMILES string of the molecule is CC.CCc1ccccc1C(C)C. The molecule has 74 valence electrons. The minimum Gasteiger partial charge on any atom is -0.0683 e. The summed E-state index contributed by atoms with van der Waals surface area (Å²) < 4.78 is 0. The van der Waals surface area contributed by atoms with E-state index >= 15 is 0 Å². The van der Waals surface area contributed by atoms with Gasteiger partial charge in [-0.1, -0.05) is 58.9 Å². The number of rotatable bonds is 2. The van der Waals surface area contributed by atoms with Gasteiger partial charge in [0.15, 0.2) is 0 Å². The molecule has 0 aliphatic rings. The number of hydrogen-bond acceptors (Lipinski definition) is 0. The van der Waals surface area contributed by atoms with Crippen molar-refractivity contribution in [1.82, 2.24) is 0 Å². The van der Waals surface area contributed by atoms with Crippen molar-refractivity contribution in [2.24, 2.45) is 0 Å². The summed E-state index contributed by atoms with van der Waals surface area (Å²) in [7, 11) is 0. The van der Waals surface area contributed by atoms with E-state index in [4.69, 9.17) is 0 Å². The van der Waals surface area contributed by atoms with Crippen molar-refractivity contribution in [2.45, 2.75) is 47.0 Å². The Hall–Kier alpha value is -0.780. The van der Waals surface area contributed by atoms with Crippen LogP contribution in [0.2, 0.25) is 0 Å². The Morgan fingerprint density at radius 1 is 1.08 bits per heavy atom. The summed E-state index contributed by atoms with van der Waals surface area (Å²) in [6, 6.07) is 8.68. The van der Waals surface area contributed by atoms with Crippen molar-refractivity contribution < 1.29 is 0 Å². The highest BCUT2D eigenvalue weighted by atomic mass is 14.1. The molecule has 0 aliphatic carbocycles. The highest BCUT2D eigenvalue weighted by molar-refractivity contribution is 5.29. The van der Waals surface area contributed by atoms with E-state index in [0.29, 0.717) is 5.92 Å². The van der Waals surface area contributed by atoms with E-state index in [9.17, 15) is 0 Å². The van der Waals surface area contributed by atoms with Gasteiger partial charge in [-0.3, -0.25) is 0 Å². The van der Waals surface area contributed by atoms with Crippen molar-refractivity contribution in [1.29, 1.82) is 0 Å². The summed E-state index contributed by atoms with van der Waals surface area (Å²) in [5.74, 6) is 0.658. The van der Waals surface area contributed by atoms with Gasteiger partial charge in [0.1, 0.15) is 0 Å². The predicted octanol–water partition coefficient (Wildman–Crippen LogP) is 4.40. The van der Waals surface area contributed by atoms with E-state index < -0.39 is 0 Å². The topological polar surface area (TPSA) is 0 Å². The minimum atomic E-state index is 0.658. The van der Waals surface area contributed by atoms with Crippen LogP contribution in [0.3, 0.4) is 0 Å². The van der Waals surface area contributed by atoms with Crippen LogP contribution in [0.15, 0.2) is 24.3 Å². The zero-order chi connectivity index (χ0) is 10.3. The second-order valence-electron chi connectivity index (χ2n) is 3.21. The van der Waals surface area contributed by atoms with Gasteiger partial charge in [0.05, 0.1) is 0 Å². The average molecular weight is 178 g/mol. The molecule has 0 saturated carbocycles.